The first-order valence-corrected chi connectivity index (χ1v) is 17.3. The third-order valence-electron chi connectivity index (χ3n) is 8.16. The summed E-state index contributed by atoms with van der Waals surface area (Å²) in [6.45, 7) is 0.441. The first kappa shape index (κ1) is 40.0. The summed E-state index contributed by atoms with van der Waals surface area (Å²) in [5, 5.41) is 31.1. The molecule has 50 heavy (non-hydrogen) atoms. The summed E-state index contributed by atoms with van der Waals surface area (Å²) in [4.78, 5) is 30.0. The molecule has 0 radical (unpaired) electrons. The van der Waals surface area contributed by atoms with E-state index in [2.05, 4.69) is 25.9 Å². The summed E-state index contributed by atoms with van der Waals surface area (Å²) >= 11 is 3.34. The maximum absolute atomic E-state index is 11.0. The van der Waals surface area contributed by atoms with Gasteiger partial charge in [-0.15, -0.1) is 0 Å². The van der Waals surface area contributed by atoms with Gasteiger partial charge < -0.3 is 19.3 Å². The van der Waals surface area contributed by atoms with Crippen molar-refractivity contribution in [3.63, 3.8) is 0 Å². The average molecular weight is 754 g/mol. The second-order valence-corrected chi connectivity index (χ2v) is 12.2. The van der Waals surface area contributed by atoms with Crippen molar-refractivity contribution in [1.29, 1.82) is 0 Å². The molecule has 0 amide bonds. The molecule has 0 atom stereocenters. The predicted molar refractivity (Wildman–Crippen MR) is 197 cm³/mol. The van der Waals surface area contributed by atoms with Crippen molar-refractivity contribution in [3.05, 3.63) is 104 Å². The highest BCUT2D eigenvalue weighted by Crippen LogP contribution is 2.32. The molecule has 2 aromatic carbocycles. The van der Waals surface area contributed by atoms with Crippen molar-refractivity contribution in [2.45, 2.75) is 82.9 Å². The highest BCUT2D eigenvalue weighted by Gasteiger charge is 2.18. The van der Waals surface area contributed by atoms with Crippen molar-refractivity contribution in [3.8, 4) is 34.0 Å². The van der Waals surface area contributed by atoms with Gasteiger partial charge in [-0.3, -0.25) is 20.2 Å². The number of benzene rings is 2. The Labute approximate surface area is 301 Å². The van der Waals surface area contributed by atoms with Gasteiger partial charge in [0.05, 0.1) is 54.3 Å². The Morgan fingerprint density at radius 2 is 1.20 bits per heavy atom. The summed E-state index contributed by atoms with van der Waals surface area (Å²) < 4.78 is 16.5. The number of non-ortho nitro benzene ring substituents is 2. The molecule has 2 aliphatic carbocycles. The van der Waals surface area contributed by atoms with Gasteiger partial charge >= 0.3 is 0 Å². The van der Waals surface area contributed by atoms with Crippen LogP contribution in [0.15, 0.2) is 72.8 Å². The smallest absolute Gasteiger partial charge is 0.270 e. The van der Waals surface area contributed by atoms with Gasteiger partial charge in [-0.05, 0) is 49.9 Å². The normalized spacial score (nSPS) is 14.0. The van der Waals surface area contributed by atoms with E-state index in [0.29, 0.717) is 52.1 Å². The molecule has 0 aliphatic heterocycles. The molecule has 0 spiro atoms. The lowest BCUT2D eigenvalue weighted by atomic mass is 10.1. The molecule has 0 unspecified atom stereocenters. The van der Waals surface area contributed by atoms with E-state index in [1.807, 2.05) is 18.2 Å². The summed E-state index contributed by atoms with van der Waals surface area (Å²) in [6, 6.07) is 20.1. The van der Waals surface area contributed by atoms with Gasteiger partial charge in [0.25, 0.3) is 11.4 Å². The van der Waals surface area contributed by atoms with Gasteiger partial charge in [0.15, 0.2) is 0 Å². The van der Waals surface area contributed by atoms with E-state index < -0.39 is 9.85 Å². The Balaban J connectivity index is 0.000000232. The van der Waals surface area contributed by atoms with Crippen LogP contribution in [0.25, 0.3) is 22.5 Å². The largest absolute Gasteiger partial charge is 0.494 e. The Morgan fingerprint density at radius 3 is 1.62 bits per heavy atom. The lowest BCUT2D eigenvalue weighted by Crippen LogP contribution is -2.08. The zero-order chi connectivity index (χ0) is 35.2. The molecule has 1 N–H and O–H groups in total. The van der Waals surface area contributed by atoms with Crippen LogP contribution in [-0.4, -0.2) is 51.3 Å². The van der Waals surface area contributed by atoms with Crippen LogP contribution in [0.4, 0.5) is 11.4 Å². The number of halogens is 1. The number of nitrogens with zero attached hydrogens (tertiary/aromatic N) is 4. The van der Waals surface area contributed by atoms with Gasteiger partial charge in [0.1, 0.15) is 22.9 Å². The van der Waals surface area contributed by atoms with Gasteiger partial charge in [0, 0.05) is 40.7 Å². The predicted octanol–water partition coefficient (Wildman–Crippen LogP) is 9.24. The molecule has 2 aliphatic rings. The first-order chi connectivity index (χ1) is 23.7. The second kappa shape index (κ2) is 20.3. The van der Waals surface area contributed by atoms with Crippen molar-refractivity contribution in [1.82, 2.24) is 9.97 Å². The number of nitro groups is 2. The van der Waals surface area contributed by atoms with Crippen LogP contribution in [0, 0.1) is 20.2 Å². The number of pyridine rings is 2. The first-order valence-electron chi connectivity index (χ1n) is 16.2. The summed E-state index contributed by atoms with van der Waals surface area (Å²) in [5.74, 6) is 1.17. The van der Waals surface area contributed by atoms with Crippen LogP contribution >= 0.6 is 15.9 Å². The van der Waals surface area contributed by atoms with Gasteiger partial charge in [-0.25, -0.2) is 9.97 Å². The van der Waals surface area contributed by atoms with E-state index in [1.54, 1.807) is 44.6 Å². The quantitative estimate of drug-likeness (QED) is 0.0939. The van der Waals surface area contributed by atoms with Crippen LogP contribution in [-0.2, 0) is 16.7 Å². The van der Waals surface area contributed by atoms with E-state index in [4.69, 9.17) is 19.3 Å². The number of aliphatic hydroxyl groups is 1. The molecular weight excluding hydrogens is 708 g/mol. The van der Waals surface area contributed by atoms with E-state index in [-0.39, 0.29) is 24.9 Å². The maximum atomic E-state index is 11.0. The third-order valence-corrected chi connectivity index (χ3v) is 8.74. The third kappa shape index (κ3) is 11.6. The Bertz CT molecular complexity index is 1690. The SMILES string of the molecule is C.COc1ccc(CBr)nc1-c1cccc([N+](=O)[O-])c1.COc1ccc(COC2CCCC2)nc1-c1cccc([N+](=O)[O-])c1.OC1CCCC1. The maximum Gasteiger partial charge on any atom is 0.270 e. The molecular formula is C37H45BrN4O8. The summed E-state index contributed by atoms with van der Waals surface area (Å²) in [7, 11) is 3.11. The average Bonchev–Trinajstić information content (AvgIpc) is 3.85. The number of alkyl halides is 1. The number of nitro benzene ring substituents is 2. The molecule has 268 valence electrons. The molecule has 2 fully saturated rings. The molecule has 2 saturated carbocycles. The van der Waals surface area contributed by atoms with Gasteiger partial charge in [-0.1, -0.05) is 73.3 Å². The van der Waals surface area contributed by atoms with Crippen LogP contribution in [0.5, 0.6) is 11.5 Å². The lowest BCUT2D eigenvalue weighted by molar-refractivity contribution is -0.385. The Morgan fingerprint density at radius 1 is 0.740 bits per heavy atom. The minimum atomic E-state index is -0.426. The number of methoxy groups -OCH3 is 2. The second-order valence-electron chi connectivity index (χ2n) is 11.6. The van der Waals surface area contributed by atoms with Crippen LogP contribution in [0.2, 0.25) is 0 Å². The number of hydrogen-bond acceptors (Lipinski definition) is 10. The fourth-order valence-corrected chi connectivity index (χ4v) is 5.88. The lowest BCUT2D eigenvalue weighted by Gasteiger charge is -2.13. The Hall–Kier alpha value is -4.46. The molecule has 2 heterocycles. The highest BCUT2D eigenvalue weighted by atomic mass is 79.9. The number of rotatable bonds is 10. The number of aliphatic hydroxyl groups excluding tert-OH is 1. The molecule has 0 saturated heterocycles. The van der Waals surface area contributed by atoms with E-state index >= 15 is 0 Å². The zero-order valence-electron chi connectivity index (χ0n) is 27.6. The minimum Gasteiger partial charge on any atom is -0.494 e. The van der Waals surface area contributed by atoms with E-state index in [1.165, 1.54) is 49.9 Å². The topological polar surface area (TPSA) is 160 Å². The molecule has 12 nitrogen and oxygen atoms in total. The number of hydrogen-bond donors (Lipinski definition) is 1. The van der Waals surface area contributed by atoms with Crippen LogP contribution in [0.1, 0.15) is 70.2 Å². The Kier molecular flexibility index (Phi) is 16.2. The van der Waals surface area contributed by atoms with Crippen molar-refractivity contribution in [2.24, 2.45) is 0 Å². The van der Waals surface area contributed by atoms with Crippen molar-refractivity contribution < 1.29 is 29.2 Å². The van der Waals surface area contributed by atoms with Gasteiger partial charge in [-0.2, -0.15) is 0 Å². The van der Waals surface area contributed by atoms with E-state index in [0.717, 1.165) is 37.1 Å². The molecule has 2 aromatic heterocycles. The van der Waals surface area contributed by atoms with Crippen LogP contribution in [0.3, 0.4) is 0 Å². The summed E-state index contributed by atoms with van der Waals surface area (Å²) in [6.07, 6.45) is 9.57. The zero-order valence-corrected chi connectivity index (χ0v) is 29.2. The van der Waals surface area contributed by atoms with Gasteiger partial charge in [0.2, 0.25) is 0 Å². The molecule has 13 heteroatoms. The number of ether oxygens (including phenoxy) is 3. The molecule has 6 rings (SSSR count). The van der Waals surface area contributed by atoms with E-state index in [9.17, 15) is 20.2 Å². The van der Waals surface area contributed by atoms with Crippen molar-refractivity contribution in [2.75, 3.05) is 14.2 Å². The number of aromatic nitrogens is 2. The fourth-order valence-electron chi connectivity index (χ4n) is 5.57. The fraction of sp³-hybridized carbons (Fsp3) is 0.405. The highest BCUT2D eigenvalue weighted by molar-refractivity contribution is 9.08. The van der Waals surface area contributed by atoms with Crippen molar-refractivity contribution >= 4 is 27.3 Å². The summed E-state index contributed by atoms with van der Waals surface area (Å²) in [5.41, 5.74) is 4.20. The standard InChI is InChI=1S/C18H20N2O4.C13H11BrN2O3.C5H10O.CH4/c1-23-17-10-9-14(12-24-16-7-2-3-8-16)19-18(17)13-5-4-6-15(11-13)20(21)22;1-19-12-6-5-10(8-14)15-13(12)9-3-2-4-11(7-9)16(17)18;6-5-3-1-2-4-5;/h4-6,9-11,16H,2-3,7-8,12H2,1H3;2-7H,8H2,1H3;5-6H,1-4H2;1H4. The molecule has 4 aromatic rings. The monoisotopic (exact) mass is 752 g/mol. The minimum absolute atomic E-state index is 0. The van der Waals surface area contributed by atoms with Crippen LogP contribution < -0.4 is 9.47 Å². The molecule has 0 bridgehead atoms.